The molecule has 0 radical (unpaired) electrons. The summed E-state index contributed by atoms with van der Waals surface area (Å²) in [6.45, 7) is 0. The first-order valence-corrected chi connectivity index (χ1v) is 5.34. The molecule has 0 aromatic rings. The van der Waals surface area contributed by atoms with E-state index in [9.17, 15) is 14.4 Å². The summed E-state index contributed by atoms with van der Waals surface area (Å²) in [4.78, 5) is 34.6. The minimum atomic E-state index is -0.668. The summed E-state index contributed by atoms with van der Waals surface area (Å²) >= 11 is 3.12. The summed E-state index contributed by atoms with van der Waals surface area (Å²) in [7, 11) is 1.42. The van der Waals surface area contributed by atoms with Crippen LogP contribution in [-0.2, 0) is 14.4 Å². The van der Waals surface area contributed by atoms with Gasteiger partial charge in [0.2, 0.25) is 11.8 Å². The van der Waals surface area contributed by atoms with Gasteiger partial charge in [-0.25, -0.2) is 0 Å². The van der Waals surface area contributed by atoms with Gasteiger partial charge in [-0.2, -0.15) is 0 Å². The molecule has 1 rings (SSSR count). The maximum atomic E-state index is 11.3. The summed E-state index contributed by atoms with van der Waals surface area (Å²) in [5.74, 6) is -0.805. The number of nitrogens with zero attached hydrogens (tertiary/aromatic N) is 1. The van der Waals surface area contributed by atoms with Gasteiger partial charge in [-0.05, 0) is 0 Å². The smallest absolute Gasteiger partial charge is 0.252 e. The average Bonchev–Trinajstić information content (AvgIpc) is 2.34. The first kappa shape index (κ1) is 11.2. The summed E-state index contributed by atoms with van der Waals surface area (Å²) in [5, 5.41) is 3.05. The third kappa shape index (κ3) is 2.31. The lowest BCUT2D eigenvalue weighted by Gasteiger charge is -2.10. The van der Waals surface area contributed by atoms with Crippen molar-refractivity contribution < 1.29 is 14.4 Å². The van der Waals surface area contributed by atoms with Crippen LogP contribution in [0.2, 0.25) is 0 Å². The first-order valence-electron chi connectivity index (χ1n) is 4.22. The number of amides is 3. The van der Waals surface area contributed by atoms with Crippen molar-refractivity contribution in [3.63, 3.8) is 0 Å². The highest BCUT2D eigenvalue weighted by atomic mass is 79.9. The van der Waals surface area contributed by atoms with Crippen LogP contribution in [0.5, 0.6) is 0 Å². The number of carbonyl (C=O) groups is 3. The van der Waals surface area contributed by atoms with E-state index in [-0.39, 0.29) is 24.1 Å². The molecule has 14 heavy (non-hydrogen) atoms. The van der Waals surface area contributed by atoms with Gasteiger partial charge in [0, 0.05) is 18.8 Å². The van der Waals surface area contributed by atoms with Gasteiger partial charge >= 0.3 is 0 Å². The normalized spacial score (nSPS) is 21.6. The highest BCUT2D eigenvalue weighted by molar-refractivity contribution is 9.09. The molecule has 0 aromatic heterocycles. The van der Waals surface area contributed by atoms with Gasteiger partial charge in [-0.1, -0.05) is 15.9 Å². The van der Waals surface area contributed by atoms with Gasteiger partial charge in [0.25, 0.3) is 5.91 Å². The molecule has 1 atom stereocenters. The molecule has 1 N–H and O–H groups in total. The van der Waals surface area contributed by atoms with Crippen LogP contribution in [0, 0.1) is 0 Å². The molecule has 1 aliphatic heterocycles. The lowest BCUT2D eigenvalue weighted by atomic mass is 10.2. The second kappa shape index (κ2) is 4.54. The highest BCUT2D eigenvalue weighted by Crippen LogP contribution is 2.10. The van der Waals surface area contributed by atoms with Crippen LogP contribution in [-0.4, -0.2) is 41.0 Å². The summed E-state index contributed by atoms with van der Waals surface area (Å²) in [5.41, 5.74) is 0. The topological polar surface area (TPSA) is 66.5 Å². The number of imide groups is 1. The molecule has 0 aliphatic carbocycles. The Bertz CT molecular complexity index is 280. The van der Waals surface area contributed by atoms with Crippen molar-refractivity contribution in [2.75, 3.05) is 12.4 Å². The number of alkyl halides is 1. The van der Waals surface area contributed by atoms with Crippen LogP contribution >= 0.6 is 15.9 Å². The molecule has 5 nitrogen and oxygen atoms in total. The van der Waals surface area contributed by atoms with Crippen molar-refractivity contribution in [3.05, 3.63) is 0 Å². The summed E-state index contributed by atoms with van der Waals surface area (Å²) in [6.07, 6.45) is 0.380. The quantitative estimate of drug-likeness (QED) is 0.558. The van der Waals surface area contributed by atoms with Crippen molar-refractivity contribution in [1.29, 1.82) is 0 Å². The van der Waals surface area contributed by atoms with Gasteiger partial charge < -0.3 is 5.32 Å². The maximum absolute atomic E-state index is 11.3. The fraction of sp³-hybridized carbons (Fsp3) is 0.625. The fourth-order valence-electron chi connectivity index (χ4n) is 1.22. The number of hydrogen-bond acceptors (Lipinski definition) is 3. The van der Waals surface area contributed by atoms with Gasteiger partial charge in [-0.15, -0.1) is 0 Å². The van der Waals surface area contributed by atoms with Crippen LogP contribution in [0.1, 0.15) is 12.8 Å². The third-order valence-electron chi connectivity index (χ3n) is 2.04. The van der Waals surface area contributed by atoms with Crippen LogP contribution < -0.4 is 5.32 Å². The average molecular weight is 263 g/mol. The molecule has 0 saturated carbocycles. The van der Waals surface area contributed by atoms with E-state index in [4.69, 9.17) is 0 Å². The number of hydrogen-bond donors (Lipinski definition) is 1. The summed E-state index contributed by atoms with van der Waals surface area (Å²) < 4.78 is 0. The predicted octanol–water partition coefficient (Wildman–Crippen LogP) is -0.355. The Hall–Kier alpha value is -0.910. The number of rotatable bonds is 3. The Labute approximate surface area is 89.9 Å². The Balaban J connectivity index is 2.51. The largest absolute Gasteiger partial charge is 0.344 e. The van der Waals surface area contributed by atoms with E-state index in [0.29, 0.717) is 11.8 Å². The first-order chi connectivity index (χ1) is 6.56. The molecule has 6 heteroatoms. The molecule has 0 aromatic carbocycles. The zero-order valence-corrected chi connectivity index (χ0v) is 9.33. The number of carbonyl (C=O) groups excluding carboxylic acids is 3. The third-order valence-corrected chi connectivity index (χ3v) is 2.43. The molecule has 3 amide bonds. The second-order valence-electron chi connectivity index (χ2n) is 3.05. The number of likely N-dealkylation sites (tertiary alicyclic amines) is 1. The Morgan fingerprint density at radius 1 is 1.64 bits per heavy atom. The lowest BCUT2D eigenvalue weighted by Crippen LogP contribution is -2.40. The van der Waals surface area contributed by atoms with Crippen LogP contribution in [0.4, 0.5) is 0 Å². The molecular formula is C8H11BrN2O3. The van der Waals surface area contributed by atoms with Gasteiger partial charge in [0.15, 0.2) is 0 Å². The number of likely N-dealkylation sites (N-methyl/N-ethyl adjacent to an activating group) is 1. The van der Waals surface area contributed by atoms with Crippen molar-refractivity contribution >= 4 is 33.7 Å². The standard InChI is InChI=1S/C8H11BrN2O3/c1-11-7(13)4-5(8(11)14)10-6(12)2-3-9/h5H,2-4H2,1H3,(H,10,12). The zero-order chi connectivity index (χ0) is 10.7. The van der Waals surface area contributed by atoms with Crippen molar-refractivity contribution in [2.45, 2.75) is 18.9 Å². The Morgan fingerprint density at radius 2 is 2.29 bits per heavy atom. The predicted molar refractivity (Wildman–Crippen MR) is 52.7 cm³/mol. The minimum Gasteiger partial charge on any atom is -0.344 e. The lowest BCUT2D eigenvalue weighted by molar-refractivity contribution is -0.138. The van der Waals surface area contributed by atoms with Gasteiger partial charge in [0.1, 0.15) is 6.04 Å². The molecule has 1 fully saturated rings. The summed E-state index contributed by atoms with van der Waals surface area (Å²) in [6, 6.07) is -0.668. The monoisotopic (exact) mass is 262 g/mol. The van der Waals surface area contributed by atoms with E-state index < -0.39 is 6.04 Å². The maximum Gasteiger partial charge on any atom is 0.252 e. The highest BCUT2D eigenvalue weighted by Gasteiger charge is 2.36. The Kier molecular flexibility index (Phi) is 3.62. The van der Waals surface area contributed by atoms with Crippen LogP contribution in [0.3, 0.4) is 0 Å². The number of halogens is 1. The molecule has 0 bridgehead atoms. The van der Waals surface area contributed by atoms with E-state index in [0.717, 1.165) is 4.90 Å². The SMILES string of the molecule is CN1C(=O)CC(NC(=O)CCBr)C1=O. The molecule has 78 valence electrons. The van der Waals surface area contributed by atoms with Gasteiger partial charge in [0.05, 0.1) is 6.42 Å². The van der Waals surface area contributed by atoms with Crippen molar-refractivity contribution in [1.82, 2.24) is 10.2 Å². The van der Waals surface area contributed by atoms with Crippen LogP contribution in [0.15, 0.2) is 0 Å². The minimum absolute atomic E-state index is 0.0728. The molecule has 1 saturated heterocycles. The Morgan fingerprint density at radius 3 is 2.71 bits per heavy atom. The van der Waals surface area contributed by atoms with Crippen LogP contribution in [0.25, 0.3) is 0 Å². The molecule has 1 unspecified atom stereocenters. The van der Waals surface area contributed by atoms with E-state index in [1.807, 2.05) is 0 Å². The van der Waals surface area contributed by atoms with E-state index in [2.05, 4.69) is 21.2 Å². The second-order valence-corrected chi connectivity index (χ2v) is 3.85. The van der Waals surface area contributed by atoms with Crippen molar-refractivity contribution in [3.8, 4) is 0 Å². The van der Waals surface area contributed by atoms with E-state index >= 15 is 0 Å². The van der Waals surface area contributed by atoms with Gasteiger partial charge in [-0.3, -0.25) is 19.3 Å². The molecular weight excluding hydrogens is 252 g/mol. The van der Waals surface area contributed by atoms with E-state index in [1.54, 1.807) is 0 Å². The fourth-order valence-corrected chi connectivity index (χ4v) is 1.58. The van der Waals surface area contributed by atoms with Crippen molar-refractivity contribution in [2.24, 2.45) is 0 Å². The zero-order valence-electron chi connectivity index (χ0n) is 7.75. The molecule has 1 heterocycles. The number of nitrogens with one attached hydrogen (secondary N) is 1. The van der Waals surface area contributed by atoms with E-state index in [1.165, 1.54) is 7.05 Å². The molecule has 1 aliphatic rings. The molecule has 0 spiro atoms.